The van der Waals surface area contributed by atoms with Gasteiger partial charge in [-0.3, -0.25) is 0 Å². The Morgan fingerprint density at radius 3 is 1.48 bits per heavy atom. The molecule has 2 heteroatoms. The average molecular weight is 579 g/mol. The Labute approximate surface area is 281 Å². The van der Waals surface area contributed by atoms with Gasteiger partial charge >= 0.3 is 0 Å². The quantitative estimate of drug-likeness (QED) is 0.197. The topological polar surface area (TPSA) is 9.86 Å². The van der Waals surface area contributed by atoms with E-state index in [4.69, 9.17) is 19.2 Å². The van der Waals surface area contributed by atoms with Crippen molar-refractivity contribution in [2.75, 3.05) is 0 Å². The van der Waals surface area contributed by atoms with Crippen molar-refractivity contribution in [3.63, 3.8) is 0 Å². The summed E-state index contributed by atoms with van der Waals surface area (Å²) in [4.78, 5) is 0. The molecule has 0 unspecified atom stereocenters. The van der Waals surface area contributed by atoms with Crippen LogP contribution in [-0.4, -0.2) is 9.13 Å². The van der Waals surface area contributed by atoms with Gasteiger partial charge in [0.2, 0.25) is 0 Å². The fourth-order valence-corrected chi connectivity index (χ4v) is 5.78. The molecule has 0 fully saturated rings. The minimum absolute atomic E-state index is 0.220. The van der Waals surface area contributed by atoms with Gasteiger partial charge in [0.05, 0.1) is 46.7 Å². The van der Waals surface area contributed by atoms with E-state index in [1.165, 1.54) is 9.13 Å². The molecule has 206 valence electrons. The van der Waals surface area contributed by atoms with Gasteiger partial charge in [-0.05, 0) is 70.7 Å². The van der Waals surface area contributed by atoms with Crippen molar-refractivity contribution in [2.24, 2.45) is 0 Å². The van der Waals surface area contributed by atoms with Crippen LogP contribution in [-0.2, 0) is 0 Å². The lowest BCUT2D eigenvalue weighted by molar-refractivity contribution is 1.16. The Balaban J connectivity index is 1.42. The highest BCUT2D eigenvalue weighted by Gasteiger charge is 2.18. The van der Waals surface area contributed by atoms with Crippen molar-refractivity contribution in [2.45, 2.75) is 0 Å². The molecule has 9 aromatic rings. The van der Waals surface area contributed by atoms with Gasteiger partial charge in [-0.15, -0.1) is 0 Å². The molecule has 0 aliphatic carbocycles. The van der Waals surface area contributed by atoms with E-state index >= 15 is 0 Å². The van der Waals surface area contributed by atoms with Crippen molar-refractivity contribution in [3.8, 4) is 33.6 Å². The largest absolute Gasteiger partial charge is 0.309 e. The maximum Gasteiger partial charge on any atom is 0.0651 e. The molecule has 0 aliphatic rings. The average Bonchev–Trinajstić information content (AvgIpc) is 3.75. The summed E-state index contributed by atoms with van der Waals surface area (Å²) in [7, 11) is 0. The number of para-hydroxylation sites is 2. The predicted molar refractivity (Wildman–Crippen MR) is 186 cm³/mol. The maximum absolute atomic E-state index is 9.53. The Bertz CT molecular complexity index is 3430. The summed E-state index contributed by atoms with van der Waals surface area (Å²) in [6.45, 7) is 0. The van der Waals surface area contributed by atoms with Crippen LogP contribution in [0.5, 0.6) is 0 Å². The van der Waals surface area contributed by atoms with Crippen LogP contribution in [0.3, 0.4) is 0 Å². The lowest BCUT2D eigenvalue weighted by atomic mass is 10.1. The number of hydrogen-bond acceptors (Lipinski definition) is 0. The molecular formula is C42H28N2. The summed E-state index contributed by atoms with van der Waals surface area (Å²) in [5.41, 5.74) is -0.748. The molecule has 0 bridgehead atoms. The van der Waals surface area contributed by atoms with Crippen LogP contribution in [0.2, 0.25) is 0 Å². The summed E-state index contributed by atoms with van der Waals surface area (Å²) in [5, 5.41) is 2.47. The van der Waals surface area contributed by atoms with E-state index < -0.39 is 131 Å². The molecule has 0 atom stereocenters. The second-order valence-electron chi connectivity index (χ2n) is 10.0. The monoisotopic (exact) mass is 578 g/mol. The van der Waals surface area contributed by atoms with E-state index in [9.17, 15) is 5.48 Å². The van der Waals surface area contributed by atoms with E-state index in [2.05, 4.69) is 0 Å². The lowest BCUT2D eigenvalue weighted by Crippen LogP contribution is -1.96. The molecule has 0 N–H and O–H groups in total. The summed E-state index contributed by atoms with van der Waals surface area (Å²) in [6.07, 6.45) is 0. The van der Waals surface area contributed by atoms with E-state index in [-0.39, 0.29) is 11.4 Å². The maximum atomic E-state index is 9.53. The van der Waals surface area contributed by atoms with E-state index in [1.807, 2.05) is 18.2 Å². The summed E-state index contributed by atoms with van der Waals surface area (Å²) >= 11 is 0. The third-order valence-electron chi connectivity index (χ3n) is 7.64. The molecule has 7 aromatic carbocycles. The molecule has 0 saturated carbocycles. The number of nitrogens with zero attached hydrogens (tertiary/aromatic N) is 2. The van der Waals surface area contributed by atoms with Gasteiger partial charge in [-0.2, -0.15) is 0 Å². The molecule has 2 aromatic heterocycles. The SMILES string of the molecule is [2H]c1c([2H])c([2H])c(-c2c([2H])c([2H])c(-n3c4ccccc4c4cc5c6ccccc6n(-c6c([2H])c([2H])c([2H])c(-c7c([2H])c([2H])c([2H])c([2H])c7[2H])c6[2H])c5cc43)c([2H])c2[2H])c([2H])c1[2H]. The van der Waals surface area contributed by atoms with Crippen LogP contribution in [0.15, 0.2) is 169 Å². The normalized spacial score (nSPS) is 17.4. The van der Waals surface area contributed by atoms with Gasteiger partial charge in [0.15, 0.2) is 0 Å². The molecular weight excluding hydrogens is 532 g/mol. The molecule has 0 saturated heterocycles. The number of fused-ring (bicyclic) bond motifs is 6. The predicted octanol–water partition coefficient (Wildman–Crippen LogP) is 11.2. The molecule has 2 heterocycles. The van der Waals surface area contributed by atoms with Crippen LogP contribution >= 0.6 is 0 Å². The first-order chi connectivity index (χ1) is 29.3. The van der Waals surface area contributed by atoms with Gasteiger partial charge in [0.1, 0.15) is 0 Å². The Morgan fingerprint density at radius 1 is 0.364 bits per heavy atom. The second kappa shape index (κ2) is 9.86. The van der Waals surface area contributed by atoms with Crippen molar-refractivity contribution in [1.29, 1.82) is 0 Å². The fraction of sp³-hybridized carbons (Fsp3) is 0. The highest BCUT2D eigenvalue weighted by Crippen LogP contribution is 2.40. The van der Waals surface area contributed by atoms with Gasteiger partial charge in [0, 0.05) is 32.9 Å². The zero-order valence-corrected chi connectivity index (χ0v) is 22.7. The zero-order valence-electron chi connectivity index (χ0n) is 40.7. The molecule has 9 rings (SSSR count). The smallest absolute Gasteiger partial charge is 0.0651 e. The molecule has 2 nitrogen and oxygen atoms in total. The third-order valence-corrected chi connectivity index (χ3v) is 7.64. The molecule has 0 aliphatic heterocycles. The summed E-state index contributed by atoms with van der Waals surface area (Å²) in [5.74, 6) is 0. The fourth-order valence-electron chi connectivity index (χ4n) is 5.78. The highest BCUT2D eigenvalue weighted by molar-refractivity contribution is 6.19. The van der Waals surface area contributed by atoms with E-state index in [1.54, 1.807) is 42.5 Å². The number of rotatable bonds is 4. The minimum atomic E-state index is -0.703. The van der Waals surface area contributed by atoms with Crippen molar-refractivity contribution in [3.05, 3.63) is 169 Å². The van der Waals surface area contributed by atoms with Crippen LogP contribution in [0.1, 0.15) is 24.7 Å². The van der Waals surface area contributed by atoms with Crippen LogP contribution < -0.4 is 0 Å². The number of aromatic nitrogens is 2. The standard InChI is InChI=1S/C42H28N2/c1-3-12-29(13-4-1)31-22-24-33(25-23-31)43-39-20-9-7-18-35(39)37-27-38-36-19-8-10-21-40(36)44(42(38)28-41(37)43)34-17-11-16-32(26-34)30-14-5-2-6-15-30/h1-28H/i1D,2D,3D,4D,5D,6D,11D,12D,13D,14D,15D,16D,17D,22D,23D,24D,25D,26D. The van der Waals surface area contributed by atoms with Gasteiger partial charge in [-0.25, -0.2) is 0 Å². The van der Waals surface area contributed by atoms with Gasteiger partial charge in [0.25, 0.3) is 0 Å². The third kappa shape index (κ3) is 3.82. The van der Waals surface area contributed by atoms with Gasteiger partial charge < -0.3 is 9.13 Å². The molecule has 0 radical (unpaired) electrons. The Morgan fingerprint density at radius 2 is 0.864 bits per heavy atom. The van der Waals surface area contributed by atoms with Crippen molar-refractivity contribution in [1.82, 2.24) is 9.13 Å². The lowest BCUT2D eigenvalue weighted by Gasteiger charge is -2.12. The zero-order chi connectivity index (χ0) is 44.7. The molecule has 0 spiro atoms. The molecule has 44 heavy (non-hydrogen) atoms. The first-order valence-electron chi connectivity index (χ1n) is 22.7. The number of benzene rings is 7. The van der Waals surface area contributed by atoms with Crippen molar-refractivity contribution >= 4 is 43.6 Å². The van der Waals surface area contributed by atoms with E-state index in [0.29, 0.717) is 43.6 Å². The van der Waals surface area contributed by atoms with Crippen molar-refractivity contribution < 1.29 is 24.7 Å². The summed E-state index contributed by atoms with van der Waals surface area (Å²) in [6, 6.07) is 5.72. The molecule has 0 amide bonds. The highest BCUT2D eigenvalue weighted by atomic mass is 15.0. The Kier molecular flexibility index (Phi) is 2.87. The van der Waals surface area contributed by atoms with E-state index in [0.717, 1.165) is 0 Å². The van der Waals surface area contributed by atoms with Crippen LogP contribution in [0, 0.1) is 0 Å². The Hall–Kier alpha value is -5.86. The minimum Gasteiger partial charge on any atom is -0.309 e. The first-order valence-corrected chi connectivity index (χ1v) is 13.7. The summed E-state index contributed by atoms with van der Waals surface area (Å²) < 4.78 is 160. The van der Waals surface area contributed by atoms with Crippen LogP contribution in [0.25, 0.3) is 77.2 Å². The second-order valence-corrected chi connectivity index (χ2v) is 10.0. The van der Waals surface area contributed by atoms with Gasteiger partial charge in [-0.1, -0.05) is 121 Å². The first kappa shape index (κ1) is 12.8. The number of hydrogen-bond donors (Lipinski definition) is 0. The van der Waals surface area contributed by atoms with Crippen LogP contribution in [0.4, 0.5) is 0 Å².